The molecule has 6 heteroatoms. The number of carbonyl (C=O) groups excluding carboxylic acids is 1. The number of nitrogens with zero attached hydrogens (tertiary/aromatic N) is 1. The summed E-state index contributed by atoms with van der Waals surface area (Å²) in [5.74, 6) is -0.152. The van der Waals surface area contributed by atoms with Gasteiger partial charge < -0.3 is 9.88 Å². The molecule has 0 saturated heterocycles. The second-order valence-electron chi connectivity index (χ2n) is 5.22. The van der Waals surface area contributed by atoms with Crippen LogP contribution in [0.2, 0.25) is 0 Å². The van der Waals surface area contributed by atoms with Crippen molar-refractivity contribution in [2.45, 2.75) is 0 Å². The average Bonchev–Trinajstić information content (AvgIpc) is 3.08. The van der Waals surface area contributed by atoms with Gasteiger partial charge in [-0.1, -0.05) is 18.2 Å². The molecule has 0 spiro atoms. The molecule has 0 aliphatic rings. The van der Waals surface area contributed by atoms with Crippen LogP contribution in [0.3, 0.4) is 0 Å². The van der Waals surface area contributed by atoms with Crippen LogP contribution in [0.25, 0.3) is 19.5 Å². The number of rotatable bonds is 2. The summed E-state index contributed by atoms with van der Waals surface area (Å²) < 4.78 is 4.95. The molecule has 0 aliphatic heterocycles. The summed E-state index contributed by atoms with van der Waals surface area (Å²) in [6.07, 6.45) is 1.62. The Bertz CT molecular complexity index is 1100. The summed E-state index contributed by atoms with van der Waals surface area (Å²) in [6.45, 7) is 0. The van der Waals surface area contributed by atoms with Crippen LogP contribution < -0.4 is 10.9 Å². The number of aryl methyl sites for hydroxylation is 1. The molecule has 1 amide bonds. The largest absolute Gasteiger partial charge is 0.320 e. The van der Waals surface area contributed by atoms with Crippen molar-refractivity contribution in [3.8, 4) is 0 Å². The van der Waals surface area contributed by atoms with Crippen LogP contribution in [0.1, 0.15) is 9.67 Å². The number of nitrogens with one attached hydrogen (secondary N) is 1. The highest BCUT2D eigenvalue weighted by Crippen LogP contribution is 2.39. The first-order chi connectivity index (χ1) is 11.1. The quantitative estimate of drug-likeness (QED) is 0.598. The van der Waals surface area contributed by atoms with E-state index in [2.05, 4.69) is 17.4 Å². The molecule has 3 heterocycles. The second-order valence-corrected chi connectivity index (χ2v) is 7.36. The van der Waals surface area contributed by atoms with Gasteiger partial charge in [0.2, 0.25) is 5.56 Å². The standard InChI is InChI=1S/C17H12N2O2S2/c1-19-9-10(6-7-15(19)20)18-17(21)14-8-13-16(23-14)11-4-2-3-5-12(11)22-13/h2-9H,1H3,(H,18,21). The zero-order chi connectivity index (χ0) is 16.0. The lowest BCUT2D eigenvalue weighted by molar-refractivity contribution is 0.103. The van der Waals surface area contributed by atoms with E-state index in [0.717, 1.165) is 9.40 Å². The molecular weight excluding hydrogens is 328 g/mol. The Morgan fingerprint density at radius 2 is 1.91 bits per heavy atom. The van der Waals surface area contributed by atoms with Crippen molar-refractivity contribution >= 4 is 53.8 Å². The van der Waals surface area contributed by atoms with Crippen molar-refractivity contribution in [1.29, 1.82) is 0 Å². The molecule has 0 aliphatic carbocycles. The maximum atomic E-state index is 12.4. The van der Waals surface area contributed by atoms with Crippen LogP contribution in [-0.4, -0.2) is 10.5 Å². The maximum absolute atomic E-state index is 12.4. The number of hydrogen-bond donors (Lipinski definition) is 1. The third-order valence-corrected chi connectivity index (χ3v) is 6.03. The molecule has 0 fully saturated rings. The normalized spacial score (nSPS) is 11.2. The molecule has 0 atom stereocenters. The number of amides is 1. The van der Waals surface area contributed by atoms with Crippen LogP contribution in [0.15, 0.2) is 53.5 Å². The number of thiophene rings is 2. The molecule has 23 heavy (non-hydrogen) atoms. The van der Waals surface area contributed by atoms with E-state index in [1.165, 1.54) is 32.1 Å². The number of fused-ring (bicyclic) bond motifs is 3. The summed E-state index contributed by atoms with van der Waals surface area (Å²) in [6, 6.07) is 13.2. The Hall–Kier alpha value is -2.44. The maximum Gasteiger partial charge on any atom is 0.265 e. The van der Waals surface area contributed by atoms with Gasteiger partial charge in [-0.15, -0.1) is 22.7 Å². The molecule has 0 unspecified atom stereocenters. The van der Waals surface area contributed by atoms with Crippen molar-refractivity contribution in [2.24, 2.45) is 7.05 Å². The Balaban J connectivity index is 1.69. The zero-order valence-electron chi connectivity index (χ0n) is 12.2. The van der Waals surface area contributed by atoms with E-state index < -0.39 is 0 Å². The first-order valence-corrected chi connectivity index (χ1v) is 8.64. The van der Waals surface area contributed by atoms with E-state index in [0.29, 0.717) is 10.6 Å². The molecule has 4 aromatic rings. The van der Waals surface area contributed by atoms with E-state index in [9.17, 15) is 9.59 Å². The van der Waals surface area contributed by atoms with Crippen molar-refractivity contribution in [3.05, 3.63) is 63.9 Å². The molecule has 3 aromatic heterocycles. The number of pyridine rings is 1. The van der Waals surface area contributed by atoms with Gasteiger partial charge in [-0.05, 0) is 18.2 Å². The van der Waals surface area contributed by atoms with Crippen LogP contribution in [0, 0.1) is 0 Å². The number of anilines is 1. The Morgan fingerprint density at radius 1 is 1.09 bits per heavy atom. The molecule has 1 aromatic carbocycles. The molecule has 4 rings (SSSR count). The minimum atomic E-state index is -0.152. The number of benzene rings is 1. The lowest BCUT2D eigenvalue weighted by atomic mass is 10.2. The fourth-order valence-corrected chi connectivity index (χ4v) is 4.89. The number of carbonyl (C=O) groups is 1. The van der Waals surface area contributed by atoms with Gasteiger partial charge in [-0.25, -0.2) is 0 Å². The summed E-state index contributed by atoms with van der Waals surface area (Å²) in [5.41, 5.74) is 0.504. The summed E-state index contributed by atoms with van der Waals surface area (Å²) in [7, 11) is 1.66. The molecule has 0 radical (unpaired) electrons. The summed E-state index contributed by atoms with van der Waals surface area (Å²) >= 11 is 3.19. The SMILES string of the molecule is Cn1cc(NC(=O)c2cc3sc4ccccc4c3s2)ccc1=O. The van der Waals surface area contributed by atoms with Gasteiger partial charge in [0, 0.05) is 34.1 Å². The lowest BCUT2D eigenvalue weighted by Gasteiger charge is -2.04. The first kappa shape index (κ1) is 14.2. The highest BCUT2D eigenvalue weighted by Gasteiger charge is 2.14. The molecule has 1 N–H and O–H groups in total. The first-order valence-electron chi connectivity index (χ1n) is 7.01. The van der Waals surface area contributed by atoms with E-state index >= 15 is 0 Å². The Kier molecular flexibility index (Phi) is 3.28. The van der Waals surface area contributed by atoms with Crippen LogP contribution in [0.4, 0.5) is 5.69 Å². The smallest absolute Gasteiger partial charge is 0.265 e. The van der Waals surface area contributed by atoms with Crippen molar-refractivity contribution in [1.82, 2.24) is 4.57 Å². The van der Waals surface area contributed by atoms with Gasteiger partial charge in [0.25, 0.3) is 5.91 Å². The fraction of sp³-hybridized carbons (Fsp3) is 0.0588. The van der Waals surface area contributed by atoms with E-state index in [1.54, 1.807) is 30.6 Å². The summed E-state index contributed by atoms with van der Waals surface area (Å²) in [5, 5.41) is 4.03. The topological polar surface area (TPSA) is 51.1 Å². The van der Waals surface area contributed by atoms with Crippen LogP contribution in [0.5, 0.6) is 0 Å². The Morgan fingerprint density at radius 3 is 2.74 bits per heavy atom. The lowest BCUT2D eigenvalue weighted by Crippen LogP contribution is -2.17. The van der Waals surface area contributed by atoms with Crippen LogP contribution in [-0.2, 0) is 7.05 Å². The van der Waals surface area contributed by atoms with E-state index in [4.69, 9.17) is 0 Å². The van der Waals surface area contributed by atoms with E-state index in [1.807, 2.05) is 18.2 Å². The molecule has 114 valence electrons. The monoisotopic (exact) mass is 340 g/mol. The summed E-state index contributed by atoms with van der Waals surface area (Å²) in [4.78, 5) is 24.5. The highest BCUT2D eigenvalue weighted by molar-refractivity contribution is 7.33. The molecule has 0 bridgehead atoms. The highest BCUT2D eigenvalue weighted by atomic mass is 32.1. The number of aromatic nitrogens is 1. The van der Waals surface area contributed by atoms with Crippen molar-refractivity contribution < 1.29 is 4.79 Å². The van der Waals surface area contributed by atoms with Crippen molar-refractivity contribution in [3.63, 3.8) is 0 Å². The average molecular weight is 340 g/mol. The van der Waals surface area contributed by atoms with Gasteiger partial charge in [-0.3, -0.25) is 9.59 Å². The van der Waals surface area contributed by atoms with Gasteiger partial charge in [0.1, 0.15) is 0 Å². The number of hydrogen-bond acceptors (Lipinski definition) is 4. The van der Waals surface area contributed by atoms with Gasteiger partial charge >= 0.3 is 0 Å². The van der Waals surface area contributed by atoms with Gasteiger partial charge in [0.15, 0.2) is 0 Å². The molecule has 0 saturated carbocycles. The van der Waals surface area contributed by atoms with E-state index in [-0.39, 0.29) is 11.5 Å². The third kappa shape index (κ3) is 2.46. The fourth-order valence-electron chi connectivity index (χ4n) is 2.47. The minimum absolute atomic E-state index is 0.105. The molecular formula is C17H12N2O2S2. The predicted molar refractivity (Wildman–Crippen MR) is 96.8 cm³/mol. The predicted octanol–water partition coefficient (Wildman–Crippen LogP) is 4.07. The second kappa shape index (κ2) is 5.33. The zero-order valence-corrected chi connectivity index (χ0v) is 13.8. The molecule has 4 nitrogen and oxygen atoms in total. The van der Waals surface area contributed by atoms with Gasteiger partial charge in [0.05, 0.1) is 15.3 Å². The minimum Gasteiger partial charge on any atom is -0.320 e. The van der Waals surface area contributed by atoms with Crippen molar-refractivity contribution in [2.75, 3.05) is 5.32 Å². The third-order valence-electron chi connectivity index (χ3n) is 3.62. The van der Waals surface area contributed by atoms with Crippen LogP contribution >= 0.6 is 22.7 Å². The Labute approximate surface area is 139 Å². The van der Waals surface area contributed by atoms with Gasteiger partial charge in [-0.2, -0.15) is 0 Å².